The SMILES string of the molecule is Cc1c(NC(=O)c2ccc3c(c2)[C@@H]2[C@H]4CC[C@@H](C4)[C@@H]2[C@H](c2ccccc2)N3)c(=O)n(-c2ccccc2)n1C. The quantitative estimate of drug-likeness (QED) is 0.356. The van der Waals surface area contributed by atoms with Gasteiger partial charge in [0, 0.05) is 18.3 Å². The van der Waals surface area contributed by atoms with Gasteiger partial charge in [-0.15, -0.1) is 0 Å². The maximum Gasteiger partial charge on any atom is 0.295 e. The van der Waals surface area contributed by atoms with E-state index in [1.54, 1.807) is 9.36 Å². The molecule has 1 aliphatic heterocycles. The molecule has 1 aromatic heterocycles. The van der Waals surface area contributed by atoms with Gasteiger partial charge >= 0.3 is 0 Å². The normalized spacial score (nSPS) is 24.9. The van der Waals surface area contributed by atoms with Crippen molar-refractivity contribution in [3.05, 3.63) is 112 Å². The van der Waals surface area contributed by atoms with Crippen LogP contribution in [0.1, 0.15) is 58.4 Å². The van der Waals surface area contributed by atoms with Gasteiger partial charge < -0.3 is 10.6 Å². The van der Waals surface area contributed by atoms with E-state index < -0.39 is 0 Å². The van der Waals surface area contributed by atoms with Gasteiger partial charge in [-0.25, -0.2) is 4.68 Å². The fourth-order valence-electron chi connectivity index (χ4n) is 7.52. The largest absolute Gasteiger partial charge is 0.378 e. The van der Waals surface area contributed by atoms with Crippen LogP contribution in [0.3, 0.4) is 0 Å². The summed E-state index contributed by atoms with van der Waals surface area (Å²) >= 11 is 0. The third-order valence-electron chi connectivity index (χ3n) is 9.30. The molecule has 7 rings (SSSR count). The Morgan fingerprint density at radius 2 is 1.66 bits per heavy atom. The number of anilines is 2. The molecule has 0 unspecified atom stereocenters. The van der Waals surface area contributed by atoms with Crippen LogP contribution in [0.25, 0.3) is 5.69 Å². The Balaban J connectivity index is 1.22. The van der Waals surface area contributed by atoms with Crippen molar-refractivity contribution in [3.8, 4) is 5.69 Å². The molecular weight excluding hydrogens is 472 g/mol. The van der Waals surface area contributed by atoms with Crippen LogP contribution in [-0.2, 0) is 7.05 Å². The lowest BCUT2D eigenvalue weighted by Gasteiger charge is -2.43. The van der Waals surface area contributed by atoms with E-state index in [1.807, 2.05) is 50.4 Å². The molecule has 2 fully saturated rings. The van der Waals surface area contributed by atoms with Crippen molar-refractivity contribution in [3.63, 3.8) is 0 Å². The summed E-state index contributed by atoms with van der Waals surface area (Å²) in [4.78, 5) is 26.8. The van der Waals surface area contributed by atoms with Crippen molar-refractivity contribution < 1.29 is 4.79 Å². The molecule has 38 heavy (non-hydrogen) atoms. The topological polar surface area (TPSA) is 68.1 Å². The van der Waals surface area contributed by atoms with Crippen molar-refractivity contribution in [2.24, 2.45) is 24.8 Å². The zero-order valence-corrected chi connectivity index (χ0v) is 21.7. The highest BCUT2D eigenvalue weighted by Gasteiger charge is 2.53. The number of fused-ring (bicyclic) bond motifs is 7. The Labute approximate surface area is 222 Å². The summed E-state index contributed by atoms with van der Waals surface area (Å²) in [5.41, 5.74) is 5.89. The highest BCUT2D eigenvalue weighted by molar-refractivity contribution is 6.05. The third-order valence-corrected chi connectivity index (χ3v) is 9.30. The second-order valence-electron chi connectivity index (χ2n) is 11.2. The third kappa shape index (κ3) is 3.46. The minimum Gasteiger partial charge on any atom is -0.378 e. The minimum absolute atomic E-state index is 0.233. The number of rotatable bonds is 4. The van der Waals surface area contributed by atoms with Gasteiger partial charge in [-0.1, -0.05) is 48.5 Å². The number of carbonyl (C=O) groups is 1. The van der Waals surface area contributed by atoms with Gasteiger partial charge in [0.05, 0.1) is 17.4 Å². The van der Waals surface area contributed by atoms with E-state index in [4.69, 9.17) is 0 Å². The first-order chi connectivity index (χ1) is 18.5. The van der Waals surface area contributed by atoms with Crippen LogP contribution in [0.5, 0.6) is 0 Å². The Kier molecular flexibility index (Phi) is 5.32. The Morgan fingerprint density at radius 3 is 2.42 bits per heavy atom. The van der Waals surface area contributed by atoms with E-state index in [0.29, 0.717) is 40.7 Å². The number of nitrogens with zero attached hydrogens (tertiary/aromatic N) is 2. The van der Waals surface area contributed by atoms with Gasteiger partial charge in [0.2, 0.25) is 0 Å². The average molecular weight is 505 g/mol. The first-order valence-electron chi connectivity index (χ1n) is 13.6. The maximum absolute atomic E-state index is 13.5. The molecule has 2 bridgehead atoms. The molecule has 6 nitrogen and oxygen atoms in total. The van der Waals surface area contributed by atoms with Crippen LogP contribution in [0.15, 0.2) is 83.7 Å². The van der Waals surface area contributed by atoms with E-state index in [9.17, 15) is 9.59 Å². The summed E-state index contributed by atoms with van der Waals surface area (Å²) in [7, 11) is 1.84. The van der Waals surface area contributed by atoms with Crippen LogP contribution < -0.4 is 16.2 Å². The number of amides is 1. The summed E-state index contributed by atoms with van der Waals surface area (Å²) in [6.45, 7) is 1.86. The van der Waals surface area contributed by atoms with Gasteiger partial charge in [-0.05, 0) is 91.3 Å². The summed E-state index contributed by atoms with van der Waals surface area (Å²) in [5, 5.41) is 6.79. The zero-order chi connectivity index (χ0) is 26.0. The number of para-hydroxylation sites is 1. The van der Waals surface area contributed by atoms with E-state index in [-0.39, 0.29) is 11.5 Å². The lowest BCUT2D eigenvalue weighted by Crippen LogP contribution is -2.35. The molecule has 1 amide bonds. The molecule has 0 saturated heterocycles. The monoisotopic (exact) mass is 504 g/mol. The van der Waals surface area contributed by atoms with Crippen LogP contribution in [0.4, 0.5) is 11.4 Å². The van der Waals surface area contributed by atoms with Crippen LogP contribution >= 0.6 is 0 Å². The highest BCUT2D eigenvalue weighted by Crippen LogP contribution is 2.63. The van der Waals surface area contributed by atoms with Crippen LogP contribution in [0, 0.1) is 24.7 Å². The van der Waals surface area contributed by atoms with Crippen molar-refractivity contribution in [2.45, 2.75) is 38.1 Å². The molecule has 2 saturated carbocycles. The standard InChI is InChI=1S/C32H32N4O2/c1-19-29(32(38)36(35(19)2)24-11-7-4-8-12-24)34-31(37)23-15-16-26-25(18-23)27-21-13-14-22(17-21)28(27)30(33-26)20-9-5-3-6-10-20/h3-12,15-16,18,21-22,27-28,30,33H,13-14,17H2,1-2H3,(H,34,37)/t21-,22-,27-,28-,30-/m0/s1. The van der Waals surface area contributed by atoms with Crippen molar-refractivity contribution in [2.75, 3.05) is 10.6 Å². The number of nitrogens with one attached hydrogen (secondary N) is 2. The summed E-state index contributed by atoms with van der Waals surface area (Å²) in [6, 6.07) is 26.6. The van der Waals surface area contributed by atoms with Gasteiger partial charge in [-0.2, -0.15) is 0 Å². The molecule has 192 valence electrons. The maximum atomic E-state index is 13.5. The summed E-state index contributed by atoms with van der Waals surface area (Å²) in [5.74, 6) is 2.14. The molecule has 0 radical (unpaired) electrons. The van der Waals surface area contributed by atoms with E-state index >= 15 is 0 Å². The number of hydrogen-bond donors (Lipinski definition) is 2. The van der Waals surface area contributed by atoms with Crippen LogP contribution in [-0.4, -0.2) is 15.3 Å². The summed E-state index contributed by atoms with van der Waals surface area (Å²) in [6.07, 6.45) is 3.84. The zero-order valence-electron chi connectivity index (χ0n) is 21.7. The molecule has 4 aromatic rings. The van der Waals surface area contributed by atoms with Gasteiger partial charge in [0.25, 0.3) is 11.5 Å². The Hall–Kier alpha value is -4.06. The second kappa shape index (κ2) is 8.76. The predicted molar refractivity (Wildman–Crippen MR) is 150 cm³/mol. The molecule has 2 heterocycles. The van der Waals surface area contributed by atoms with Crippen molar-refractivity contribution in [1.82, 2.24) is 9.36 Å². The fourth-order valence-corrected chi connectivity index (χ4v) is 7.52. The molecule has 0 spiro atoms. The second-order valence-corrected chi connectivity index (χ2v) is 11.2. The molecule has 3 aliphatic rings. The first-order valence-corrected chi connectivity index (χ1v) is 13.6. The van der Waals surface area contributed by atoms with Gasteiger partial charge in [0.15, 0.2) is 0 Å². The fraction of sp³-hybridized carbons (Fsp3) is 0.312. The van der Waals surface area contributed by atoms with Crippen molar-refractivity contribution >= 4 is 17.3 Å². The Bertz CT molecular complexity index is 1590. The number of hydrogen-bond acceptors (Lipinski definition) is 3. The number of aromatic nitrogens is 2. The molecule has 3 aromatic carbocycles. The average Bonchev–Trinajstić information content (AvgIpc) is 3.63. The van der Waals surface area contributed by atoms with E-state index in [1.165, 1.54) is 30.4 Å². The predicted octanol–water partition coefficient (Wildman–Crippen LogP) is 6.03. The smallest absolute Gasteiger partial charge is 0.295 e. The van der Waals surface area contributed by atoms with Crippen molar-refractivity contribution in [1.29, 1.82) is 0 Å². The number of benzene rings is 3. The molecular formula is C32H32N4O2. The van der Waals surface area contributed by atoms with E-state index in [2.05, 4.69) is 53.1 Å². The molecule has 5 atom stereocenters. The minimum atomic E-state index is -0.247. The van der Waals surface area contributed by atoms with Crippen LogP contribution in [0.2, 0.25) is 0 Å². The van der Waals surface area contributed by atoms with Gasteiger partial charge in [-0.3, -0.25) is 14.3 Å². The molecule has 2 N–H and O–H groups in total. The summed E-state index contributed by atoms with van der Waals surface area (Å²) < 4.78 is 3.37. The number of carbonyl (C=O) groups excluding carboxylic acids is 1. The lowest BCUT2D eigenvalue weighted by molar-refractivity contribution is 0.102. The first kappa shape index (κ1) is 23.1. The molecule has 6 heteroatoms. The van der Waals surface area contributed by atoms with E-state index in [0.717, 1.165) is 17.3 Å². The molecule has 2 aliphatic carbocycles. The lowest BCUT2D eigenvalue weighted by atomic mass is 9.68. The van der Waals surface area contributed by atoms with Gasteiger partial charge in [0.1, 0.15) is 5.69 Å². The Morgan fingerprint density at radius 1 is 0.947 bits per heavy atom. The highest BCUT2D eigenvalue weighted by atomic mass is 16.2.